The maximum atomic E-state index is 12.7. The minimum absolute atomic E-state index is 0.244. The van der Waals surface area contributed by atoms with Crippen molar-refractivity contribution in [2.45, 2.75) is 38.3 Å². The first-order valence-electron chi connectivity index (χ1n) is 9.32. The van der Waals surface area contributed by atoms with Crippen LogP contribution in [-0.4, -0.2) is 64.0 Å². The molecule has 1 atom stereocenters. The maximum Gasteiger partial charge on any atom is 0.236 e. The Kier molecular flexibility index (Phi) is 4.99. The number of aromatic nitrogens is 2. The average molecular weight is 342 g/mol. The van der Waals surface area contributed by atoms with Crippen molar-refractivity contribution in [1.29, 1.82) is 0 Å². The van der Waals surface area contributed by atoms with Crippen LogP contribution in [0.25, 0.3) is 5.65 Å². The third-order valence-corrected chi connectivity index (χ3v) is 5.20. The number of carbonyl (C=O) groups is 1. The summed E-state index contributed by atoms with van der Waals surface area (Å²) in [6.07, 6.45) is 8.51. The fourth-order valence-electron chi connectivity index (χ4n) is 3.88. The summed E-state index contributed by atoms with van der Waals surface area (Å²) >= 11 is 0. The molecule has 0 aliphatic carbocycles. The Labute approximate surface area is 148 Å². The normalized spacial score (nSPS) is 20.8. The van der Waals surface area contributed by atoms with Crippen LogP contribution in [0.4, 0.5) is 0 Å². The first-order valence-corrected chi connectivity index (χ1v) is 9.32. The number of pyridine rings is 1. The minimum Gasteiger partial charge on any atom is -0.377 e. The lowest BCUT2D eigenvalue weighted by Gasteiger charge is -2.27. The van der Waals surface area contributed by atoms with Gasteiger partial charge in [-0.3, -0.25) is 9.69 Å². The summed E-state index contributed by atoms with van der Waals surface area (Å²) in [4.78, 5) is 21.3. The Hall–Kier alpha value is -1.92. The zero-order valence-corrected chi connectivity index (χ0v) is 14.6. The topological polar surface area (TPSA) is 50.1 Å². The minimum atomic E-state index is 0.244. The van der Waals surface area contributed by atoms with E-state index in [1.165, 1.54) is 0 Å². The summed E-state index contributed by atoms with van der Waals surface area (Å²) in [5.41, 5.74) is 2.10. The number of carbonyl (C=O) groups excluding carboxylic acids is 1. The van der Waals surface area contributed by atoms with Gasteiger partial charge in [0.2, 0.25) is 5.91 Å². The van der Waals surface area contributed by atoms with Crippen LogP contribution in [0.5, 0.6) is 0 Å². The summed E-state index contributed by atoms with van der Waals surface area (Å²) in [6, 6.07) is 6.14. The number of likely N-dealkylation sites (tertiary alicyclic amines) is 1. The first kappa shape index (κ1) is 16.5. The molecule has 134 valence electrons. The van der Waals surface area contributed by atoms with Gasteiger partial charge in [-0.15, -0.1) is 0 Å². The van der Waals surface area contributed by atoms with Crippen LogP contribution in [0.2, 0.25) is 0 Å². The molecular weight excluding hydrogens is 316 g/mol. The highest BCUT2D eigenvalue weighted by Crippen LogP contribution is 2.17. The Morgan fingerprint density at radius 3 is 2.96 bits per heavy atom. The van der Waals surface area contributed by atoms with Crippen molar-refractivity contribution in [3.63, 3.8) is 0 Å². The van der Waals surface area contributed by atoms with Crippen LogP contribution in [0, 0.1) is 0 Å². The molecule has 2 aromatic rings. The van der Waals surface area contributed by atoms with E-state index in [-0.39, 0.29) is 12.0 Å². The van der Waals surface area contributed by atoms with Gasteiger partial charge in [-0.25, -0.2) is 4.98 Å². The molecule has 0 aromatic carbocycles. The molecule has 2 aliphatic rings. The van der Waals surface area contributed by atoms with E-state index in [0.29, 0.717) is 6.54 Å². The largest absolute Gasteiger partial charge is 0.377 e. The van der Waals surface area contributed by atoms with Crippen molar-refractivity contribution in [2.75, 3.05) is 32.8 Å². The second-order valence-electron chi connectivity index (χ2n) is 7.07. The van der Waals surface area contributed by atoms with E-state index < -0.39 is 0 Å². The average Bonchev–Trinajstić information content (AvgIpc) is 3.37. The molecule has 1 amide bonds. The molecule has 2 saturated heterocycles. The molecule has 2 fully saturated rings. The first-order chi connectivity index (χ1) is 12.3. The van der Waals surface area contributed by atoms with Crippen molar-refractivity contribution in [1.82, 2.24) is 19.2 Å². The smallest absolute Gasteiger partial charge is 0.236 e. The van der Waals surface area contributed by atoms with Gasteiger partial charge in [-0.2, -0.15) is 0 Å². The molecule has 25 heavy (non-hydrogen) atoms. The van der Waals surface area contributed by atoms with Crippen LogP contribution in [0.15, 0.2) is 30.6 Å². The molecule has 6 heteroatoms. The molecule has 0 bridgehead atoms. The molecule has 0 saturated carbocycles. The number of imidazole rings is 1. The third kappa shape index (κ3) is 3.85. The number of nitrogens with zero attached hydrogens (tertiary/aromatic N) is 4. The third-order valence-electron chi connectivity index (χ3n) is 5.20. The summed E-state index contributed by atoms with van der Waals surface area (Å²) in [6.45, 7) is 4.66. The Morgan fingerprint density at radius 1 is 1.28 bits per heavy atom. The molecule has 6 nitrogen and oxygen atoms in total. The van der Waals surface area contributed by atoms with Gasteiger partial charge in [-0.05, 0) is 37.8 Å². The Balaban J connectivity index is 1.49. The highest BCUT2D eigenvalue weighted by Gasteiger charge is 2.24. The number of rotatable bonds is 6. The Bertz CT molecular complexity index is 717. The summed E-state index contributed by atoms with van der Waals surface area (Å²) < 4.78 is 7.91. The van der Waals surface area contributed by atoms with Gasteiger partial charge in [0, 0.05) is 50.9 Å². The van der Waals surface area contributed by atoms with E-state index in [4.69, 9.17) is 4.74 Å². The molecule has 4 rings (SSSR count). The molecule has 4 heterocycles. The lowest BCUT2D eigenvalue weighted by Crippen LogP contribution is -2.41. The molecule has 1 unspecified atom stereocenters. The summed E-state index contributed by atoms with van der Waals surface area (Å²) in [5.74, 6) is 0.244. The lowest BCUT2D eigenvalue weighted by molar-refractivity contribution is -0.131. The van der Waals surface area contributed by atoms with Crippen LogP contribution in [-0.2, 0) is 16.1 Å². The predicted octanol–water partition coefficient (Wildman–Crippen LogP) is 1.94. The number of hydrogen-bond donors (Lipinski definition) is 0. The second-order valence-corrected chi connectivity index (χ2v) is 7.07. The second kappa shape index (κ2) is 7.54. The van der Waals surface area contributed by atoms with E-state index >= 15 is 0 Å². The van der Waals surface area contributed by atoms with Crippen molar-refractivity contribution < 1.29 is 9.53 Å². The standard InChI is InChI=1S/C19H26N4O2/c24-19(22-9-1-2-10-22)15-21(14-17-6-4-12-25-17)13-16-5-3-7-18-20-8-11-23(16)18/h3,5,7-8,11,17H,1-2,4,6,9-10,12-15H2. The van der Waals surface area contributed by atoms with Crippen LogP contribution in [0.1, 0.15) is 31.4 Å². The lowest BCUT2D eigenvalue weighted by atomic mass is 10.2. The summed E-state index contributed by atoms with van der Waals surface area (Å²) in [7, 11) is 0. The fourth-order valence-corrected chi connectivity index (χ4v) is 3.88. The van der Waals surface area contributed by atoms with Crippen molar-refractivity contribution >= 4 is 11.6 Å². The van der Waals surface area contributed by atoms with Gasteiger partial charge in [0.1, 0.15) is 5.65 Å². The van der Waals surface area contributed by atoms with Gasteiger partial charge in [0.05, 0.1) is 12.6 Å². The van der Waals surface area contributed by atoms with Gasteiger partial charge in [0.25, 0.3) is 0 Å². The van der Waals surface area contributed by atoms with Crippen LogP contribution in [0.3, 0.4) is 0 Å². The number of ether oxygens (including phenoxy) is 1. The SMILES string of the molecule is O=C(CN(Cc1cccc2nccn12)CC1CCCO1)N1CCCC1. The highest BCUT2D eigenvalue weighted by atomic mass is 16.5. The van der Waals surface area contributed by atoms with Crippen molar-refractivity contribution in [2.24, 2.45) is 0 Å². The number of fused-ring (bicyclic) bond motifs is 1. The van der Waals surface area contributed by atoms with E-state index in [2.05, 4.69) is 20.4 Å². The molecule has 0 radical (unpaired) electrons. The molecular formula is C19H26N4O2. The van der Waals surface area contributed by atoms with E-state index in [0.717, 1.165) is 69.8 Å². The van der Waals surface area contributed by atoms with Gasteiger partial charge in [0.15, 0.2) is 0 Å². The number of amides is 1. The fraction of sp³-hybridized carbons (Fsp3) is 0.579. The monoisotopic (exact) mass is 342 g/mol. The van der Waals surface area contributed by atoms with E-state index in [1.807, 2.05) is 29.4 Å². The zero-order chi connectivity index (χ0) is 17.1. The van der Waals surface area contributed by atoms with Gasteiger partial charge in [-0.1, -0.05) is 6.07 Å². The quantitative estimate of drug-likeness (QED) is 0.805. The molecule has 0 N–H and O–H groups in total. The van der Waals surface area contributed by atoms with Crippen LogP contribution < -0.4 is 0 Å². The zero-order valence-electron chi connectivity index (χ0n) is 14.6. The van der Waals surface area contributed by atoms with Crippen molar-refractivity contribution in [3.8, 4) is 0 Å². The summed E-state index contributed by atoms with van der Waals surface area (Å²) in [5, 5.41) is 0. The maximum absolute atomic E-state index is 12.7. The predicted molar refractivity (Wildman–Crippen MR) is 95.3 cm³/mol. The van der Waals surface area contributed by atoms with E-state index in [9.17, 15) is 4.79 Å². The molecule has 2 aliphatic heterocycles. The molecule has 0 spiro atoms. The van der Waals surface area contributed by atoms with Crippen molar-refractivity contribution in [3.05, 3.63) is 36.3 Å². The van der Waals surface area contributed by atoms with Gasteiger partial charge >= 0.3 is 0 Å². The Morgan fingerprint density at radius 2 is 2.16 bits per heavy atom. The van der Waals surface area contributed by atoms with Crippen LogP contribution >= 0.6 is 0 Å². The highest BCUT2D eigenvalue weighted by molar-refractivity contribution is 5.78. The molecule has 2 aromatic heterocycles. The van der Waals surface area contributed by atoms with E-state index in [1.54, 1.807) is 0 Å². The van der Waals surface area contributed by atoms with Gasteiger partial charge < -0.3 is 14.0 Å². The number of hydrogen-bond acceptors (Lipinski definition) is 4.